The number of rotatable bonds is 4. The second-order valence-corrected chi connectivity index (χ2v) is 10.5. The maximum absolute atomic E-state index is 8.34. The van der Waals surface area contributed by atoms with Crippen LogP contribution in [0.2, 0.25) is 0 Å². The van der Waals surface area contributed by atoms with E-state index in [1.165, 1.54) is 5.56 Å². The number of guanidine groups is 2. The summed E-state index contributed by atoms with van der Waals surface area (Å²) in [6, 6.07) is 21.1. The molecule has 3 N–H and O–H groups in total. The van der Waals surface area contributed by atoms with E-state index in [1.807, 2.05) is 58.2 Å². The average Bonchev–Trinajstić information content (AvgIpc) is 3.51. The minimum absolute atomic E-state index is 0.131. The van der Waals surface area contributed by atoms with Crippen LogP contribution in [0.1, 0.15) is 24.0 Å². The summed E-state index contributed by atoms with van der Waals surface area (Å²) < 4.78 is 0. The first-order valence-corrected chi connectivity index (χ1v) is 13.0. The second-order valence-electron chi connectivity index (χ2n) is 10.5. The van der Waals surface area contributed by atoms with Crippen LogP contribution in [0.15, 0.2) is 71.9 Å². The molecule has 0 fully saturated rings. The van der Waals surface area contributed by atoms with Crippen molar-refractivity contribution in [2.24, 2.45) is 4.99 Å². The van der Waals surface area contributed by atoms with Crippen LogP contribution in [0.4, 0.5) is 17.1 Å². The quantitative estimate of drug-likeness (QED) is 0.230. The third kappa shape index (κ3) is 4.63. The van der Waals surface area contributed by atoms with Crippen molar-refractivity contribution >= 4 is 45.6 Å². The Hall–Kier alpha value is -4.59. The lowest BCUT2D eigenvalue weighted by Gasteiger charge is -2.25. The van der Waals surface area contributed by atoms with E-state index < -0.39 is 0 Å². The zero-order chi connectivity index (χ0) is 28.0. The number of H-pyrrole nitrogens is 1. The molecule has 1 unspecified atom stereocenters. The number of hydrogen-bond acceptors (Lipinski definition) is 3. The van der Waals surface area contributed by atoms with Crippen molar-refractivity contribution in [3.63, 3.8) is 0 Å². The first kappa shape index (κ1) is 26.0. The van der Waals surface area contributed by atoms with Crippen LogP contribution >= 0.6 is 0 Å². The molecule has 1 aliphatic rings. The fourth-order valence-electron chi connectivity index (χ4n) is 5.10. The van der Waals surface area contributed by atoms with E-state index in [0.29, 0.717) is 11.9 Å². The molecule has 2 heterocycles. The first-order valence-electron chi connectivity index (χ1n) is 13.0. The molecular formula is C31H36N8. The summed E-state index contributed by atoms with van der Waals surface area (Å²) in [7, 11) is 11.3. The van der Waals surface area contributed by atoms with Crippen LogP contribution in [0.5, 0.6) is 0 Å². The van der Waals surface area contributed by atoms with E-state index in [1.54, 1.807) is 9.80 Å². The Morgan fingerprint density at radius 2 is 1.33 bits per heavy atom. The summed E-state index contributed by atoms with van der Waals surface area (Å²) in [5.41, 5.74) is 9.61. The maximum Gasteiger partial charge on any atom is 0.197 e. The van der Waals surface area contributed by atoms with Crippen molar-refractivity contribution in [2.75, 3.05) is 52.1 Å². The third-order valence-electron chi connectivity index (χ3n) is 7.54. The standard InChI is InChI=1S/C31H36N8/c1-19-24-17-23(39(7)31(33)37(4)5)13-15-28(24)35-29(19)26-18-34-27-14-10-21(16-25(26)27)20-8-11-22(12-9-20)38(6)30(32)36(2)3/h8-19,32-34H,1-7H3. The molecule has 0 saturated carbocycles. The molecule has 200 valence electrons. The molecule has 0 saturated heterocycles. The Balaban J connectivity index is 1.44. The average molecular weight is 521 g/mol. The lowest BCUT2D eigenvalue weighted by Crippen LogP contribution is -2.37. The van der Waals surface area contributed by atoms with Gasteiger partial charge in [0, 0.05) is 82.2 Å². The number of fused-ring (bicyclic) bond motifs is 2. The van der Waals surface area contributed by atoms with Crippen LogP contribution in [0.25, 0.3) is 22.0 Å². The van der Waals surface area contributed by atoms with Gasteiger partial charge in [-0.1, -0.05) is 25.1 Å². The Morgan fingerprint density at radius 1 is 0.744 bits per heavy atom. The summed E-state index contributed by atoms with van der Waals surface area (Å²) in [5, 5.41) is 17.7. The maximum atomic E-state index is 8.34. The summed E-state index contributed by atoms with van der Waals surface area (Å²) in [6.45, 7) is 2.20. The smallest absolute Gasteiger partial charge is 0.197 e. The normalized spacial score (nSPS) is 14.1. The van der Waals surface area contributed by atoms with Gasteiger partial charge in [-0.3, -0.25) is 15.8 Å². The van der Waals surface area contributed by atoms with E-state index >= 15 is 0 Å². The van der Waals surface area contributed by atoms with E-state index in [0.717, 1.165) is 50.4 Å². The molecule has 1 aliphatic heterocycles. The monoisotopic (exact) mass is 520 g/mol. The van der Waals surface area contributed by atoms with Crippen LogP contribution in [-0.2, 0) is 0 Å². The van der Waals surface area contributed by atoms with Gasteiger partial charge >= 0.3 is 0 Å². The molecule has 1 atom stereocenters. The number of nitrogens with one attached hydrogen (secondary N) is 3. The van der Waals surface area contributed by atoms with Crippen molar-refractivity contribution in [3.05, 3.63) is 78.0 Å². The molecule has 5 rings (SSSR count). The first-order chi connectivity index (χ1) is 18.6. The molecule has 0 spiro atoms. The minimum atomic E-state index is 0.131. The molecule has 0 radical (unpaired) electrons. The van der Waals surface area contributed by atoms with Crippen LogP contribution in [0, 0.1) is 10.8 Å². The molecule has 0 bridgehead atoms. The lowest BCUT2D eigenvalue weighted by atomic mass is 9.92. The topological polar surface area (TPSA) is 88.8 Å². The van der Waals surface area contributed by atoms with Crippen LogP contribution in [-0.4, -0.2) is 74.7 Å². The molecule has 8 heteroatoms. The SMILES string of the molecule is CC1C(c2c[nH]c3ccc(-c4ccc(N(C)C(=N)N(C)C)cc4)cc23)=Nc2ccc(N(C)C(=N)N(C)C)cc21. The predicted molar refractivity (Wildman–Crippen MR) is 164 cm³/mol. The number of anilines is 2. The van der Waals surface area contributed by atoms with E-state index in [4.69, 9.17) is 15.8 Å². The van der Waals surface area contributed by atoms with Gasteiger partial charge in [0.1, 0.15) is 0 Å². The highest BCUT2D eigenvalue weighted by atomic mass is 15.3. The van der Waals surface area contributed by atoms with Crippen LogP contribution < -0.4 is 9.80 Å². The fraction of sp³-hybridized carbons (Fsp3) is 0.258. The number of aromatic amines is 1. The third-order valence-corrected chi connectivity index (χ3v) is 7.54. The Kier molecular flexibility index (Phi) is 6.64. The van der Waals surface area contributed by atoms with Gasteiger partial charge in [0.25, 0.3) is 0 Å². The van der Waals surface area contributed by atoms with Crippen LogP contribution in [0.3, 0.4) is 0 Å². The second kappa shape index (κ2) is 9.94. The van der Waals surface area contributed by atoms with Gasteiger partial charge in [0.2, 0.25) is 0 Å². The number of aliphatic imine (C=N–C) groups is 1. The highest BCUT2D eigenvalue weighted by molar-refractivity contribution is 6.17. The predicted octanol–water partition coefficient (Wildman–Crippen LogP) is 5.94. The Bertz CT molecular complexity index is 1590. The van der Waals surface area contributed by atoms with Crippen molar-refractivity contribution in [1.82, 2.24) is 14.8 Å². The van der Waals surface area contributed by atoms with Gasteiger partial charge in [-0.2, -0.15) is 0 Å². The largest absolute Gasteiger partial charge is 0.360 e. The number of aromatic nitrogens is 1. The van der Waals surface area contributed by atoms with Crippen molar-refractivity contribution in [1.29, 1.82) is 10.8 Å². The highest BCUT2D eigenvalue weighted by Crippen LogP contribution is 2.41. The van der Waals surface area contributed by atoms with Gasteiger partial charge < -0.3 is 24.6 Å². The van der Waals surface area contributed by atoms with Gasteiger partial charge in [-0.25, -0.2) is 0 Å². The Morgan fingerprint density at radius 3 is 1.97 bits per heavy atom. The van der Waals surface area contributed by atoms with E-state index in [9.17, 15) is 0 Å². The van der Waals surface area contributed by atoms with Gasteiger partial charge in [0.05, 0.1) is 11.4 Å². The van der Waals surface area contributed by atoms with Gasteiger partial charge in [-0.15, -0.1) is 0 Å². The highest BCUT2D eigenvalue weighted by Gasteiger charge is 2.27. The summed E-state index contributed by atoms with van der Waals surface area (Å²) >= 11 is 0. The molecule has 0 aliphatic carbocycles. The molecule has 3 aromatic carbocycles. The number of benzene rings is 3. The van der Waals surface area contributed by atoms with Gasteiger partial charge in [0.15, 0.2) is 11.9 Å². The molecule has 0 amide bonds. The lowest BCUT2D eigenvalue weighted by molar-refractivity contribution is 0.603. The number of nitrogens with zero attached hydrogens (tertiary/aromatic N) is 5. The molecule has 4 aromatic rings. The van der Waals surface area contributed by atoms with E-state index in [2.05, 4.69) is 72.7 Å². The zero-order valence-corrected chi connectivity index (χ0v) is 23.7. The molecular weight excluding hydrogens is 484 g/mol. The molecule has 1 aromatic heterocycles. The number of hydrogen-bond donors (Lipinski definition) is 3. The molecule has 8 nitrogen and oxygen atoms in total. The van der Waals surface area contributed by atoms with Crippen molar-refractivity contribution in [2.45, 2.75) is 12.8 Å². The zero-order valence-electron chi connectivity index (χ0n) is 23.7. The van der Waals surface area contributed by atoms with Gasteiger partial charge in [-0.05, 0) is 59.2 Å². The minimum Gasteiger partial charge on any atom is -0.360 e. The Labute approximate surface area is 230 Å². The summed E-state index contributed by atoms with van der Waals surface area (Å²) in [4.78, 5) is 15.8. The van der Waals surface area contributed by atoms with Crippen molar-refractivity contribution in [3.8, 4) is 11.1 Å². The molecule has 39 heavy (non-hydrogen) atoms. The summed E-state index contributed by atoms with van der Waals surface area (Å²) in [6.07, 6.45) is 2.06. The van der Waals surface area contributed by atoms with Crippen molar-refractivity contribution < 1.29 is 0 Å². The fourth-order valence-corrected chi connectivity index (χ4v) is 5.10. The summed E-state index contributed by atoms with van der Waals surface area (Å²) in [5.74, 6) is 0.997. The van der Waals surface area contributed by atoms with E-state index in [-0.39, 0.29) is 5.92 Å².